The van der Waals surface area contributed by atoms with Crippen molar-refractivity contribution in [3.8, 4) is 0 Å². The summed E-state index contributed by atoms with van der Waals surface area (Å²) in [5.41, 5.74) is -0.185. The molecule has 0 radical (unpaired) electrons. The van der Waals surface area contributed by atoms with Crippen LogP contribution in [0.4, 0.5) is 0 Å². The molecule has 0 aliphatic carbocycles. The molecular formula is C16H22ClNO3. The number of carboxylic acids is 1. The van der Waals surface area contributed by atoms with Gasteiger partial charge in [0.2, 0.25) is 5.91 Å². The van der Waals surface area contributed by atoms with Crippen molar-refractivity contribution in [1.29, 1.82) is 0 Å². The molecule has 0 saturated carbocycles. The van der Waals surface area contributed by atoms with Crippen LogP contribution in [0.1, 0.15) is 45.7 Å². The number of halogens is 1. The summed E-state index contributed by atoms with van der Waals surface area (Å²) in [7, 11) is 0. The minimum atomic E-state index is -1.07. The molecule has 116 valence electrons. The maximum Gasteiger partial charge on any atom is 0.310 e. The van der Waals surface area contributed by atoms with Crippen LogP contribution >= 0.6 is 11.6 Å². The smallest absolute Gasteiger partial charge is 0.310 e. The van der Waals surface area contributed by atoms with Gasteiger partial charge >= 0.3 is 5.97 Å². The number of benzene rings is 1. The van der Waals surface area contributed by atoms with Gasteiger partial charge in [0.05, 0.1) is 11.5 Å². The highest BCUT2D eigenvalue weighted by atomic mass is 35.5. The molecule has 0 aliphatic heterocycles. The highest BCUT2D eigenvalue weighted by Crippen LogP contribution is 2.31. The van der Waals surface area contributed by atoms with E-state index in [1.165, 1.54) is 0 Å². The van der Waals surface area contributed by atoms with Gasteiger partial charge in [-0.05, 0) is 37.5 Å². The van der Waals surface area contributed by atoms with Crippen molar-refractivity contribution in [1.82, 2.24) is 5.32 Å². The molecule has 1 unspecified atom stereocenters. The molecule has 1 rings (SSSR count). The Hall–Kier alpha value is -1.55. The zero-order valence-corrected chi connectivity index (χ0v) is 13.6. The van der Waals surface area contributed by atoms with Crippen LogP contribution in [-0.4, -0.2) is 17.0 Å². The van der Waals surface area contributed by atoms with E-state index in [1.54, 1.807) is 19.1 Å². The fraction of sp³-hybridized carbons (Fsp3) is 0.500. The van der Waals surface area contributed by atoms with Crippen LogP contribution in [0.2, 0.25) is 5.02 Å². The predicted molar refractivity (Wildman–Crippen MR) is 83.2 cm³/mol. The van der Waals surface area contributed by atoms with Gasteiger partial charge in [-0.15, -0.1) is 0 Å². The first-order chi connectivity index (χ1) is 9.66. The SMILES string of the molecule is CC(C)C(C)(CC(=O)N[C@H](C)c1cccc(Cl)c1)C(=O)O. The zero-order chi connectivity index (χ0) is 16.2. The highest BCUT2D eigenvalue weighted by molar-refractivity contribution is 6.30. The van der Waals surface area contributed by atoms with Crippen LogP contribution in [0, 0.1) is 11.3 Å². The molecule has 5 heteroatoms. The standard InChI is InChI=1S/C16H22ClNO3/c1-10(2)16(4,15(20)21)9-14(19)18-11(3)12-6-5-7-13(17)8-12/h5-8,10-11H,9H2,1-4H3,(H,18,19)(H,20,21)/t11-,16?/m1/s1. The summed E-state index contributed by atoms with van der Waals surface area (Å²) in [4.78, 5) is 23.5. The van der Waals surface area contributed by atoms with Crippen LogP contribution in [-0.2, 0) is 9.59 Å². The highest BCUT2D eigenvalue weighted by Gasteiger charge is 2.38. The van der Waals surface area contributed by atoms with Gasteiger partial charge in [0.1, 0.15) is 0 Å². The number of carbonyl (C=O) groups excluding carboxylic acids is 1. The molecule has 4 nitrogen and oxygen atoms in total. The predicted octanol–water partition coefficient (Wildman–Crippen LogP) is 3.65. The Balaban J connectivity index is 2.75. The lowest BCUT2D eigenvalue weighted by atomic mass is 9.76. The van der Waals surface area contributed by atoms with Crippen LogP contribution in [0.5, 0.6) is 0 Å². The summed E-state index contributed by atoms with van der Waals surface area (Å²) in [5, 5.41) is 12.8. The lowest BCUT2D eigenvalue weighted by molar-refractivity contribution is -0.153. The molecule has 21 heavy (non-hydrogen) atoms. The van der Waals surface area contributed by atoms with Crippen molar-refractivity contribution in [2.24, 2.45) is 11.3 Å². The van der Waals surface area contributed by atoms with Crippen LogP contribution in [0.15, 0.2) is 24.3 Å². The number of carbonyl (C=O) groups is 2. The average molecular weight is 312 g/mol. The number of aliphatic carboxylic acids is 1. The summed E-state index contributed by atoms with van der Waals surface area (Å²) < 4.78 is 0. The number of hydrogen-bond acceptors (Lipinski definition) is 2. The fourth-order valence-corrected chi connectivity index (χ4v) is 2.21. The second kappa shape index (κ2) is 6.94. The molecule has 0 aliphatic rings. The first kappa shape index (κ1) is 17.5. The van der Waals surface area contributed by atoms with Gasteiger partial charge in [-0.2, -0.15) is 0 Å². The molecule has 0 bridgehead atoms. The van der Waals surface area contributed by atoms with E-state index in [0.29, 0.717) is 5.02 Å². The zero-order valence-electron chi connectivity index (χ0n) is 12.8. The Morgan fingerprint density at radius 3 is 2.43 bits per heavy atom. The summed E-state index contributed by atoms with van der Waals surface area (Å²) in [6.45, 7) is 7.06. The fourth-order valence-electron chi connectivity index (χ4n) is 2.01. The van der Waals surface area contributed by atoms with Crippen molar-refractivity contribution in [3.05, 3.63) is 34.9 Å². The molecule has 0 spiro atoms. The molecule has 1 aromatic rings. The van der Waals surface area contributed by atoms with E-state index in [-0.39, 0.29) is 24.3 Å². The Kier molecular flexibility index (Phi) is 5.78. The summed E-state index contributed by atoms with van der Waals surface area (Å²) >= 11 is 5.92. The molecule has 0 saturated heterocycles. The number of rotatable bonds is 6. The van der Waals surface area contributed by atoms with E-state index in [0.717, 1.165) is 5.56 Å². The number of amides is 1. The van der Waals surface area contributed by atoms with Crippen molar-refractivity contribution in [3.63, 3.8) is 0 Å². The largest absolute Gasteiger partial charge is 0.481 e. The first-order valence-corrected chi connectivity index (χ1v) is 7.33. The number of hydrogen-bond donors (Lipinski definition) is 2. The van der Waals surface area contributed by atoms with Crippen LogP contribution in [0.25, 0.3) is 0 Å². The monoisotopic (exact) mass is 311 g/mol. The van der Waals surface area contributed by atoms with Gasteiger partial charge in [0.25, 0.3) is 0 Å². The van der Waals surface area contributed by atoms with E-state index in [2.05, 4.69) is 5.32 Å². The Morgan fingerprint density at radius 2 is 1.95 bits per heavy atom. The van der Waals surface area contributed by atoms with Crippen molar-refractivity contribution in [2.75, 3.05) is 0 Å². The van der Waals surface area contributed by atoms with Crippen molar-refractivity contribution in [2.45, 2.75) is 40.2 Å². The van der Waals surface area contributed by atoms with E-state index < -0.39 is 11.4 Å². The summed E-state index contributed by atoms with van der Waals surface area (Å²) in [5.74, 6) is -1.37. The van der Waals surface area contributed by atoms with Gasteiger partial charge in [0, 0.05) is 11.4 Å². The lowest BCUT2D eigenvalue weighted by Crippen LogP contribution is -2.39. The number of nitrogens with one attached hydrogen (secondary N) is 1. The third-order valence-electron chi connectivity index (χ3n) is 4.02. The quantitative estimate of drug-likeness (QED) is 0.842. The third-order valence-corrected chi connectivity index (χ3v) is 4.25. The van der Waals surface area contributed by atoms with Gasteiger partial charge in [-0.1, -0.05) is 37.6 Å². The Labute approximate surface area is 130 Å². The number of carboxylic acid groups (broad SMARTS) is 1. The molecule has 1 amide bonds. The molecule has 2 atom stereocenters. The summed E-state index contributed by atoms with van der Waals surface area (Å²) in [6.07, 6.45) is -0.0507. The first-order valence-electron chi connectivity index (χ1n) is 6.95. The third kappa shape index (κ3) is 4.46. The minimum absolute atomic E-state index is 0.0507. The van der Waals surface area contributed by atoms with Gasteiger partial charge in [-0.3, -0.25) is 9.59 Å². The van der Waals surface area contributed by atoms with Crippen LogP contribution < -0.4 is 5.32 Å². The van der Waals surface area contributed by atoms with Crippen molar-refractivity contribution >= 4 is 23.5 Å². The lowest BCUT2D eigenvalue weighted by Gasteiger charge is -2.29. The normalized spacial score (nSPS) is 15.3. The van der Waals surface area contributed by atoms with Gasteiger partial charge < -0.3 is 10.4 Å². The topological polar surface area (TPSA) is 66.4 Å². The molecule has 0 fully saturated rings. The maximum absolute atomic E-state index is 12.1. The van der Waals surface area contributed by atoms with Crippen molar-refractivity contribution < 1.29 is 14.7 Å². The van der Waals surface area contributed by atoms with E-state index in [4.69, 9.17) is 11.6 Å². The van der Waals surface area contributed by atoms with E-state index in [1.807, 2.05) is 32.9 Å². The van der Waals surface area contributed by atoms with E-state index in [9.17, 15) is 14.7 Å². The van der Waals surface area contributed by atoms with Gasteiger partial charge in [-0.25, -0.2) is 0 Å². The average Bonchev–Trinajstić information content (AvgIpc) is 2.37. The van der Waals surface area contributed by atoms with E-state index >= 15 is 0 Å². The Morgan fingerprint density at radius 1 is 1.33 bits per heavy atom. The van der Waals surface area contributed by atoms with Crippen LogP contribution in [0.3, 0.4) is 0 Å². The molecule has 1 aromatic carbocycles. The minimum Gasteiger partial charge on any atom is -0.481 e. The maximum atomic E-state index is 12.1. The summed E-state index contributed by atoms with van der Waals surface area (Å²) in [6, 6.07) is 7.01. The Bertz CT molecular complexity index is 530. The molecule has 0 heterocycles. The van der Waals surface area contributed by atoms with Gasteiger partial charge in [0.15, 0.2) is 0 Å². The second-order valence-corrected chi connectivity index (χ2v) is 6.33. The molecule has 0 aromatic heterocycles. The second-order valence-electron chi connectivity index (χ2n) is 5.90. The molecule has 2 N–H and O–H groups in total. The molecular weight excluding hydrogens is 290 g/mol.